The first-order valence-corrected chi connectivity index (χ1v) is 8.80. The molecule has 0 atom stereocenters. The number of primary amides is 1. The van der Waals surface area contributed by atoms with E-state index in [1.807, 2.05) is 34.9 Å². The minimum atomic E-state index is -0.531. The minimum absolute atomic E-state index is 0.341. The highest BCUT2D eigenvalue weighted by atomic mass is 127. The molecular weight excluding hydrogens is 430 g/mol. The standard InChI is InChI=1S/C20H13FIN2O/c21-15-8-3-6-13-18-14(20(23)25)7-4-10-17(18)24(19(13)15)11-12-5-1-2-9-16(12)22/h1-5,7-10H,11H2,(H2,23,25). The number of carbonyl (C=O) groups is 1. The molecule has 3 aromatic carbocycles. The molecule has 0 aliphatic heterocycles. The average Bonchev–Trinajstić information content (AvgIpc) is 2.92. The van der Waals surface area contributed by atoms with Crippen molar-refractivity contribution in [3.8, 4) is 0 Å². The van der Waals surface area contributed by atoms with Gasteiger partial charge in [0, 0.05) is 26.5 Å². The van der Waals surface area contributed by atoms with Crippen molar-refractivity contribution in [2.45, 2.75) is 6.54 Å². The number of hydrogen-bond acceptors (Lipinski definition) is 1. The van der Waals surface area contributed by atoms with Crippen molar-refractivity contribution >= 4 is 50.3 Å². The van der Waals surface area contributed by atoms with Gasteiger partial charge < -0.3 is 10.3 Å². The Kier molecular flexibility index (Phi) is 3.95. The summed E-state index contributed by atoms with van der Waals surface area (Å²) in [7, 11) is 0. The van der Waals surface area contributed by atoms with Crippen LogP contribution in [-0.4, -0.2) is 10.5 Å². The van der Waals surface area contributed by atoms with Crippen molar-refractivity contribution in [1.82, 2.24) is 4.57 Å². The molecule has 5 heteroatoms. The van der Waals surface area contributed by atoms with Gasteiger partial charge in [0.05, 0.1) is 11.0 Å². The van der Waals surface area contributed by atoms with Crippen LogP contribution in [0.1, 0.15) is 15.9 Å². The summed E-state index contributed by atoms with van der Waals surface area (Å²) in [5.41, 5.74) is 8.20. The lowest BCUT2D eigenvalue weighted by Gasteiger charge is -2.10. The maximum atomic E-state index is 14.7. The van der Waals surface area contributed by atoms with Crippen molar-refractivity contribution in [3.05, 3.63) is 81.2 Å². The van der Waals surface area contributed by atoms with Crippen LogP contribution in [0, 0.1) is 15.5 Å². The Labute approximate surface area is 157 Å². The molecule has 0 fully saturated rings. The molecule has 0 aliphatic carbocycles. The lowest BCUT2D eigenvalue weighted by Crippen LogP contribution is -2.11. The molecule has 0 unspecified atom stereocenters. The number of aromatic nitrogens is 1. The van der Waals surface area contributed by atoms with Gasteiger partial charge in [0.15, 0.2) is 0 Å². The number of rotatable bonds is 3. The summed E-state index contributed by atoms with van der Waals surface area (Å²) in [6.45, 7) is 0.496. The molecule has 4 rings (SSSR count). The summed E-state index contributed by atoms with van der Waals surface area (Å²) in [6, 6.07) is 19.3. The van der Waals surface area contributed by atoms with Gasteiger partial charge >= 0.3 is 0 Å². The van der Waals surface area contributed by atoms with E-state index < -0.39 is 5.91 Å². The summed E-state index contributed by atoms with van der Waals surface area (Å²) in [6.07, 6.45) is 0. The quantitative estimate of drug-likeness (QED) is 0.467. The highest BCUT2D eigenvalue weighted by molar-refractivity contribution is 14.1. The zero-order valence-electron chi connectivity index (χ0n) is 13.1. The first-order valence-electron chi connectivity index (χ1n) is 7.72. The van der Waals surface area contributed by atoms with Gasteiger partial charge in [0.1, 0.15) is 5.82 Å². The van der Waals surface area contributed by atoms with Gasteiger partial charge in [-0.25, -0.2) is 4.39 Å². The van der Waals surface area contributed by atoms with E-state index >= 15 is 0 Å². The predicted molar refractivity (Wildman–Crippen MR) is 105 cm³/mol. The van der Waals surface area contributed by atoms with E-state index in [0.717, 1.165) is 14.7 Å². The van der Waals surface area contributed by atoms with Crippen LogP contribution in [0.25, 0.3) is 21.8 Å². The Hall–Kier alpha value is -2.41. The Balaban J connectivity index is 2.10. The van der Waals surface area contributed by atoms with Crippen LogP contribution in [0.5, 0.6) is 0 Å². The van der Waals surface area contributed by atoms with Crippen LogP contribution in [0.4, 0.5) is 4.39 Å². The maximum absolute atomic E-state index is 14.7. The molecule has 25 heavy (non-hydrogen) atoms. The third-order valence-electron chi connectivity index (χ3n) is 4.33. The molecule has 2 N–H and O–H groups in total. The first-order chi connectivity index (χ1) is 12.1. The van der Waals surface area contributed by atoms with Gasteiger partial charge in [-0.15, -0.1) is 0 Å². The smallest absolute Gasteiger partial charge is 0.249 e. The minimum Gasteiger partial charge on any atom is -0.366 e. The second-order valence-electron chi connectivity index (χ2n) is 5.79. The lowest BCUT2D eigenvalue weighted by atomic mass is 10.1. The molecule has 0 spiro atoms. The van der Waals surface area contributed by atoms with E-state index in [0.29, 0.717) is 28.4 Å². The number of carbonyl (C=O) groups excluding carboxylic acids is 1. The number of benzene rings is 3. The molecule has 1 radical (unpaired) electrons. The molecule has 0 saturated carbocycles. The van der Waals surface area contributed by atoms with E-state index in [1.54, 1.807) is 12.1 Å². The highest BCUT2D eigenvalue weighted by Gasteiger charge is 2.19. The van der Waals surface area contributed by atoms with Gasteiger partial charge in [-0.2, -0.15) is 0 Å². The van der Waals surface area contributed by atoms with Crippen LogP contribution in [0.2, 0.25) is 0 Å². The molecule has 0 bridgehead atoms. The van der Waals surface area contributed by atoms with Gasteiger partial charge in [-0.3, -0.25) is 4.79 Å². The normalized spacial score (nSPS) is 11.3. The molecule has 1 amide bonds. The summed E-state index contributed by atoms with van der Waals surface area (Å²) >= 11 is 2.27. The van der Waals surface area contributed by atoms with Crippen LogP contribution in [0.3, 0.4) is 0 Å². The molecule has 0 saturated heterocycles. The van der Waals surface area contributed by atoms with E-state index in [4.69, 9.17) is 5.73 Å². The van der Waals surface area contributed by atoms with E-state index in [9.17, 15) is 9.18 Å². The first kappa shape index (κ1) is 16.1. The fourth-order valence-corrected chi connectivity index (χ4v) is 3.79. The van der Waals surface area contributed by atoms with Crippen molar-refractivity contribution in [2.24, 2.45) is 5.73 Å². The highest BCUT2D eigenvalue weighted by Crippen LogP contribution is 2.33. The molecule has 1 heterocycles. The van der Waals surface area contributed by atoms with Crippen molar-refractivity contribution < 1.29 is 9.18 Å². The molecule has 123 valence electrons. The molecule has 4 aromatic rings. The van der Waals surface area contributed by atoms with E-state index in [2.05, 4.69) is 28.7 Å². The van der Waals surface area contributed by atoms with Crippen molar-refractivity contribution in [1.29, 1.82) is 0 Å². The molecule has 1 aromatic heterocycles. The molecular formula is C20H13FIN2O. The average molecular weight is 443 g/mol. The van der Waals surface area contributed by atoms with Crippen molar-refractivity contribution in [3.63, 3.8) is 0 Å². The Morgan fingerprint density at radius 2 is 1.96 bits per heavy atom. The van der Waals surface area contributed by atoms with Crippen LogP contribution in [-0.2, 0) is 6.54 Å². The number of fused-ring (bicyclic) bond motifs is 3. The SMILES string of the molecule is NC(=O)c1cccc2c1c1[c]ccc(F)c1n2Cc1ccccc1I. The third kappa shape index (κ3) is 2.59. The maximum Gasteiger partial charge on any atom is 0.249 e. The Morgan fingerprint density at radius 3 is 2.72 bits per heavy atom. The zero-order valence-corrected chi connectivity index (χ0v) is 15.2. The number of halogens is 2. The van der Waals surface area contributed by atoms with Crippen molar-refractivity contribution in [2.75, 3.05) is 0 Å². The van der Waals surface area contributed by atoms with Gasteiger partial charge in [-0.1, -0.05) is 30.3 Å². The summed E-state index contributed by atoms with van der Waals surface area (Å²) in [5.74, 6) is -0.872. The van der Waals surface area contributed by atoms with Gasteiger partial charge in [0.2, 0.25) is 5.91 Å². The fourth-order valence-electron chi connectivity index (χ4n) is 3.23. The van der Waals surface area contributed by atoms with Crippen LogP contribution in [0.15, 0.2) is 54.6 Å². The largest absolute Gasteiger partial charge is 0.366 e. The number of hydrogen-bond donors (Lipinski definition) is 1. The third-order valence-corrected chi connectivity index (χ3v) is 5.38. The van der Waals surface area contributed by atoms with Crippen LogP contribution >= 0.6 is 22.6 Å². The zero-order chi connectivity index (χ0) is 17.6. The van der Waals surface area contributed by atoms with Gasteiger partial charge in [-0.05, 0) is 58.5 Å². The fraction of sp³-hybridized carbons (Fsp3) is 0.0500. The monoisotopic (exact) mass is 443 g/mol. The number of nitrogens with two attached hydrogens (primary N) is 1. The van der Waals surface area contributed by atoms with E-state index in [1.165, 1.54) is 12.1 Å². The van der Waals surface area contributed by atoms with E-state index in [-0.39, 0.29) is 5.82 Å². The second kappa shape index (κ2) is 6.15. The Bertz CT molecular complexity index is 1130. The van der Waals surface area contributed by atoms with Gasteiger partial charge in [0.25, 0.3) is 0 Å². The van der Waals surface area contributed by atoms with Crippen LogP contribution < -0.4 is 5.73 Å². The summed E-state index contributed by atoms with van der Waals surface area (Å²) in [5, 5.41) is 1.23. The number of amides is 1. The topological polar surface area (TPSA) is 48.0 Å². The molecule has 0 aliphatic rings. The second-order valence-corrected chi connectivity index (χ2v) is 6.95. The predicted octanol–water partition coefficient (Wildman–Crippen LogP) is 4.49. The summed E-state index contributed by atoms with van der Waals surface area (Å²) in [4.78, 5) is 11.9. The summed E-state index contributed by atoms with van der Waals surface area (Å²) < 4.78 is 17.7. The Morgan fingerprint density at radius 1 is 1.16 bits per heavy atom. The molecule has 3 nitrogen and oxygen atoms in total. The number of nitrogens with zero attached hydrogens (tertiary/aromatic N) is 1. The lowest BCUT2D eigenvalue weighted by molar-refractivity contribution is 0.100.